The molecule has 1 atom stereocenters. The van der Waals surface area contributed by atoms with Crippen molar-refractivity contribution in [3.05, 3.63) is 35.7 Å². The summed E-state index contributed by atoms with van der Waals surface area (Å²) in [5, 5.41) is 12.9. The highest BCUT2D eigenvalue weighted by atomic mass is 16.5. The summed E-state index contributed by atoms with van der Waals surface area (Å²) in [4.78, 5) is 2.52. The van der Waals surface area contributed by atoms with Gasteiger partial charge in [-0.3, -0.25) is 4.90 Å². The van der Waals surface area contributed by atoms with Gasteiger partial charge in [-0.05, 0) is 80.2 Å². The molecule has 1 aromatic heterocycles. The maximum Gasteiger partial charge on any atom is 0.173 e. The predicted octanol–water partition coefficient (Wildman–Crippen LogP) is 3.65. The minimum absolute atomic E-state index is 0.0641. The normalized spacial score (nSPS) is 18.0. The van der Waals surface area contributed by atoms with Gasteiger partial charge in [0.1, 0.15) is 5.75 Å². The number of piperidine rings is 1. The van der Waals surface area contributed by atoms with Crippen LogP contribution < -0.4 is 4.74 Å². The van der Waals surface area contributed by atoms with Gasteiger partial charge in [-0.2, -0.15) is 0 Å². The molecule has 0 saturated carbocycles. The molecule has 1 unspecified atom stereocenters. The monoisotopic (exact) mass is 357 g/mol. The third-order valence-electron chi connectivity index (χ3n) is 5.79. The van der Waals surface area contributed by atoms with E-state index in [2.05, 4.69) is 60.3 Å². The number of tetrazole rings is 1. The summed E-state index contributed by atoms with van der Waals surface area (Å²) in [5.41, 5.74) is 1.09. The highest BCUT2D eigenvalue weighted by molar-refractivity contribution is 5.32. The second-order valence-corrected chi connectivity index (χ2v) is 8.01. The summed E-state index contributed by atoms with van der Waals surface area (Å²) in [6.45, 7) is 11.0. The summed E-state index contributed by atoms with van der Waals surface area (Å²) in [6, 6.07) is 8.38. The topological polar surface area (TPSA) is 56.1 Å². The minimum Gasteiger partial charge on any atom is -0.497 e. The molecule has 6 heteroatoms. The van der Waals surface area contributed by atoms with Crippen molar-refractivity contribution in [2.45, 2.75) is 58.5 Å². The summed E-state index contributed by atoms with van der Waals surface area (Å²) in [6.07, 6.45) is 3.40. The van der Waals surface area contributed by atoms with Gasteiger partial charge in [-0.1, -0.05) is 26.0 Å². The zero-order valence-corrected chi connectivity index (χ0v) is 16.6. The zero-order valence-electron chi connectivity index (χ0n) is 16.6. The fraction of sp³-hybridized carbons (Fsp3) is 0.650. The number of aromatic nitrogens is 4. The molecule has 6 nitrogen and oxygen atoms in total. The number of hydrogen-bond acceptors (Lipinski definition) is 5. The van der Waals surface area contributed by atoms with Crippen LogP contribution in [0.5, 0.6) is 5.75 Å². The summed E-state index contributed by atoms with van der Waals surface area (Å²) >= 11 is 0. The molecule has 1 aliphatic rings. The highest BCUT2D eigenvalue weighted by Crippen LogP contribution is 2.34. The molecule has 0 radical (unpaired) electrons. The molecule has 26 heavy (non-hydrogen) atoms. The van der Waals surface area contributed by atoms with Crippen LogP contribution in [0.4, 0.5) is 0 Å². The van der Waals surface area contributed by atoms with Crippen molar-refractivity contribution in [2.75, 3.05) is 20.2 Å². The quantitative estimate of drug-likeness (QED) is 0.790. The van der Waals surface area contributed by atoms with Gasteiger partial charge in [0.15, 0.2) is 5.82 Å². The third-order valence-corrected chi connectivity index (χ3v) is 5.79. The first-order chi connectivity index (χ1) is 12.5. The highest BCUT2D eigenvalue weighted by Gasteiger charge is 2.33. The first kappa shape index (κ1) is 18.8. The van der Waals surface area contributed by atoms with Crippen molar-refractivity contribution in [3.8, 4) is 5.75 Å². The largest absolute Gasteiger partial charge is 0.497 e. The van der Waals surface area contributed by atoms with E-state index in [0.29, 0.717) is 0 Å². The Balaban J connectivity index is 2.02. The van der Waals surface area contributed by atoms with E-state index in [4.69, 9.17) is 4.74 Å². The Morgan fingerprint density at radius 1 is 1.19 bits per heavy atom. The molecule has 0 spiro atoms. The Morgan fingerprint density at radius 3 is 2.42 bits per heavy atom. The summed E-state index contributed by atoms with van der Waals surface area (Å²) in [5.74, 6) is 2.58. The number of benzene rings is 1. The maximum absolute atomic E-state index is 5.34. The van der Waals surface area contributed by atoms with Crippen LogP contribution in [0.2, 0.25) is 0 Å². The molecule has 142 valence electrons. The molecule has 0 amide bonds. The second kappa shape index (κ2) is 7.74. The van der Waals surface area contributed by atoms with Crippen molar-refractivity contribution >= 4 is 0 Å². The molecule has 3 rings (SSSR count). The van der Waals surface area contributed by atoms with E-state index in [-0.39, 0.29) is 11.6 Å². The van der Waals surface area contributed by atoms with E-state index in [1.807, 2.05) is 16.8 Å². The molecule has 0 N–H and O–H groups in total. The van der Waals surface area contributed by atoms with E-state index in [1.54, 1.807) is 7.11 Å². The lowest BCUT2D eigenvalue weighted by Crippen LogP contribution is -2.40. The fourth-order valence-electron chi connectivity index (χ4n) is 3.54. The number of likely N-dealkylation sites (tertiary alicyclic amines) is 1. The van der Waals surface area contributed by atoms with Crippen molar-refractivity contribution in [1.82, 2.24) is 25.1 Å². The molecule has 2 heterocycles. The van der Waals surface area contributed by atoms with Gasteiger partial charge in [-0.25, -0.2) is 4.68 Å². The van der Waals surface area contributed by atoms with Crippen LogP contribution in [0, 0.1) is 5.92 Å². The summed E-state index contributed by atoms with van der Waals surface area (Å²) < 4.78 is 7.35. The van der Waals surface area contributed by atoms with Gasteiger partial charge in [0.05, 0.1) is 18.7 Å². The molecular weight excluding hydrogens is 326 g/mol. The van der Waals surface area contributed by atoms with Crippen LogP contribution in [0.15, 0.2) is 24.3 Å². The van der Waals surface area contributed by atoms with Gasteiger partial charge in [0, 0.05) is 0 Å². The van der Waals surface area contributed by atoms with Crippen LogP contribution in [0.25, 0.3) is 0 Å². The second-order valence-electron chi connectivity index (χ2n) is 8.01. The molecule has 0 aliphatic carbocycles. The zero-order chi connectivity index (χ0) is 18.7. The number of rotatable bonds is 6. The molecule has 0 bridgehead atoms. The van der Waals surface area contributed by atoms with Crippen LogP contribution in [-0.2, 0) is 5.54 Å². The van der Waals surface area contributed by atoms with E-state index in [1.165, 1.54) is 18.4 Å². The number of ether oxygens (including phenoxy) is 1. The number of hydrogen-bond donors (Lipinski definition) is 0. The average Bonchev–Trinajstić information content (AvgIpc) is 3.14. The van der Waals surface area contributed by atoms with Crippen LogP contribution in [-0.4, -0.2) is 45.3 Å². The van der Waals surface area contributed by atoms with Crippen LogP contribution in [0.1, 0.15) is 64.4 Å². The van der Waals surface area contributed by atoms with Gasteiger partial charge >= 0.3 is 0 Å². The van der Waals surface area contributed by atoms with Crippen molar-refractivity contribution < 1.29 is 4.74 Å². The van der Waals surface area contributed by atoms with Gasteiger partial charge in [0.25, 0.3) is 0 Å². The average molecular weight is 358 g/mol. The third kappa shape index (κ3) is 3.75. The molecule has 1 saturated heterocycles. The Hall–Kier alpha value is -1.95. The molecule has 1 aliphatic heterocycles. The van der Waals surface area contributed by atoms with Crippen LogP contribution >= 0.6 is 0 Å². The lowest BCUT2D eigenvalue weighted by Gasteiger charge is -2.37. The molecule has 1 aromatic carbocycles. The Labute approximate surface area is 156 Å². The maximum atomic E-state index is 5.34. The number of nitrogens with zero attached hydrogens (tertiary/aromatic N) is 5. The first-order valence-electron chi connectivity index (χ1n) is 9.63. The van der Waals surface area contributed by atoms with E-state index in [0.717, 1.165) is 37.0 Å². The lowest BCUT2D eigenvalue weighted by molar-refractivity contribution is 0.143. The molecule has 2 aromatic rings. The smallest absolute Gasteiger partial charge is 0.173 e. The van der Waals surface area contributed by atoms with Gasteiger partial charge < -0.3 is 4.74 Å². The Bertz CT molecular complexity index is 701. The lowest BCUT2D eigenvalue weighted by atomic mass is 9.94. The predicted molar refractivity (Wildman–Crippen MR) is 102 cm³/mol. The Morgan fingerprint density at radius 2 is 1.85 bits per heavy atom. The SMILES string of the molecule is CCC(C)(C)n1nnnc1C(c1ccc(OC)cc1)N1CCC(C)CC1. The van der Waals surface area contributed by atoms with Gasteiger partial charge in [-0.15, -0.1) is 5.10 Å². The van der Waals surface area contributed by atoms with E-state index < -0.39 is 0 Å². The van der Waals surface area contributed by atoms with Crippen molar-refractivity contribution in [1.29, 1.82) is 0 Å². The number of methoxy groups -OCH3 is 1. The van der Waals surface area contributed by atoms with E-state index in [9.17, 15) is 0 Å². The minimum atomic E-state index is -0.118. The van der Waals surface area contributed by atoms with Crippen LogP contribution in [0.3, 0.4) is 0 Å². The molecule has 1 fully saturated rings. The summed E-state index contributed by atoms with van der Waals surface area (Å²) in [7, 11) is 1.70. The standard InChI is InChI=1S/C20H31N5O/c1-6-20(3,4)25-19(21-22-23-25)18(24-13-11-15(2)12-14-24)16-7-9-17(26-5)10-8-16/h7-10,15,18H,6,11-14H2,1-5H3. The van der Waals surface area contributed by atoms with Crippen molar-refractivity contribution in [3.63, 3.8) is 0 Å². The Kier molecular flexibility index (Phi) is 5.61. The van der Waals surface area contributed by atoms with Crippen molar-refractivity contribution in [2.24, 2.45) is 5.92 Å². The first-order valence-corrected chi connectivity index (χ1v) is 9.63. The molecular formula is C20H31N5O. The van der Waals surface area contributed by atoms with Gasteiger partial charge in [0.2, 0.25) is 0 Å². The van der Waals surface area contributed by atoms with E-state index >= 15 is 0 Å². The fourth-order valence-corrected chi connectivity index (χ4v) is 3.54.